The molecule has 0 aromatic heterocycles. The fourth-order valence-corrected chi connectivity index (χ4v) is 5.23. The number of hydrogen-bond acceptors (Lipinski definition) is 2. The zero-order valence-electron chi connectivity index (χ0n) is 18.0. The Bertz CT molecular complexity index is 1020. The van der Waals surface area contributed by atoms with Crippen molar-refractivity contribution in [1.29, 1.82) is 0 Å². The van der Waals surface area contributed by atoms with Gasteiger partial charge in [0.15, 0.2) is 0 Å². The summed E-state index contributed by atoms with van der Waals surface area (Å²) in [6.45, 7) is 3.24. The first-order valence-corrected chi connectivity index (χ1v) is 12.7. The summed E-state index contributed by atoms with van der Waals surface area (Å²) < 4.78 is 78.9. The molecular formula is C23H21Br2F6NOS. The molecule has 2 unspecified atom stereocenters. The van der Waals surface area contributed by atoms with E-state index < -0.39 is 36.0 Å². The second kappa shape index (κ2) is 12.0. The molecule has 2 atom stereocenters. The molecule has 2 aromatic rings. The molecule has 34 heavy (non-hydrogen) atoms. The Hall–Kier alpha value is -1.46. The average Bonchev–Trinajstić information content (AvgIpc) is 2.65. The van der Waals surface area contributed by atoms with Crippen LogP contribution in [0.4, 0.5) is 26.3 Å². The van der Waals surface area contributed by atoms with Gasteiger partial charge in [0.1, 0.15) is 0 Å². The van der Waals surface area contributed by atoms with Gasteiger partial charge < -0.3 is 5.32 Å². The van der Waals surface area contributed by atoms with E-state index in [2.05, 4.69) is 37.2 Å². The number of aryl methyl sites for hydroxylation is 1. The summed E-state index contributed by atoms with van der Waals surface area (Å²) in [5.74, 6) is -3.20. The van der Waals surface area contributed by atoms with Gasteiger partial charge in [-0.3, -0.25) is 4.79 Å². The number of carbonyl (C=O) groups excluding carboxylic acids is 1. The van der Waals surface area contributed by atoms with Crippen LogP contribution >= 0.6 is 43.6 Å². The summed E-state index contributed by atoms with van der Waals surface area (Å²) in [4.78, 5) is 12.5. The van der Waals surface area contributed by atoms with Crippen molar-refractivity contribution in [2.24, 2.45) is 0 Å². The third-order valence-corrected chi connectivity index (χ3v) is 6.77. The zero-order valence-corrected chi connectivity index (χ0v) is 22.0. The van der Waals surface area contributed by atoms with E-state index in [1.807, 2.05) is 0 Å². The molecule has 2 aromatic carbocycles. The second-order valence-corrected chi connectivity index (χ2v) is 10.5. The lowest BCUT2D eigenvalue weighted by Gasteiger charge is -2.18. The minimum atomic E-state index is -4.51. The minimum absolute atomic E-state index is 0.0649. The van der Waals surface area contributed by atoms with E-state index in [0.29, 0.717) is 37.4 Å². The Kier molecular flexibility index (Phi) is 10.1. The van der Waals surface area contributed by atoms with Crippen LogP contribution in [0.5, 0.6) is 0 Å². The van der Waals surface area contributed by atoms with Gasteiger partial charge in [-0.05, 0) is 54.8 Å². The molecule has 1 N–H and O–H groups in total. The predicted molar refractivity (Wildman–Crippen MR) is 131 cm³/mol. The smallest absolute Gasteiger partial charge is 0.349 e. The summed E-state index contributed by atoms with van der Waals surface area (Å²) in [6, 6.07) is 8.54. The van der Waals surface area contributed by atoms with Gasteiger partial charge in [-0.2, -0.15) is 38.1 Å². The van der Waals surface area contributed by atoms with Gasteiger partial charge in [0, 0.05) is 26.3 Å². The van der Waals surface area contributed by atoms with Gasteiger partial charge in [0.25, 0.3) is 5.91 Å². The molecule has 0 bridgehead atoms. The molecule has 0 spiro atoms. The number of hydrogen-bond donors (Lipinski definition) is 1. The molecule has 2 rings (SSSR count). The van der Waals surface area contributed by atoms with Crippen molar-refractivity contribution < 1.29 is 31.1 Å². The van der Waals surface area contributed by atoms with Crippen LogP contribution in [0.25, 0.3) is 6.08 Å². The summed E-state index contributed by atoms with van der Waals surface area (Å²) in [5.41, 5.74) is 1.37. The Morgan fingerprint density at radius 1 is 1.06 bits per heavy atom. The first kappa shape index (κ1) is 28.8. The molecule has 186 valence electrons. The van der Waals surface area contributed by atoms with Crippen molar-refractivity contribution in [3.63, 3.8) is 0 Å². The molecule has 0 heterocycles. The average molecular weight is 633 g/mol. The van der Waals surface area contributed by atoms with Gasteiger partial charge in [0.05, 0.1) is 11.7 Å². The number of amides is 1. The van der Waals surface area contributed by atoms with E-state index in [1.54, 1.807) is 26.0 Å². The lowest BCUT2D eigenvalue weighted by atomic mass is 9.96. The highest BCUT2D eigenvalue weighted by Crippen LogP contribution is 2.38. The lowest BCUT2D eigenvalue weighted by molar-refractivity contribution is -0.139. The van der Waals surface area contributed by atoms with E-state index in [-0.39, 0.29) is 11.3 Å². The second-order valence-electron chi connectivity index (χ2n) is 7.66. The van der Waals surface area contributed by atoms with Crippen LogP contribution < -0.4 is 5.32 Å². The summed E-state index contributed by atoms with van der Waals surface area (Å²) in [6.07, 6.45) is -6.38. The fraction of sp³-hybridized carbons (Fsp3) is 0.348. The first-order chi connectivity index (χ1) is 15.7. The molecule has 0 radical (unpaired) electrons. The number of nitrogens with one attached hydrogen (secondary N) is 1. The zero-order chi connectivity index (χ0) is 25.7. The van der Waals surface area contributed by atoms with E-state index in [4.69, 9.17) is 0 Å². The Morgan fingerprint density at radius 3 is 2.21 bits per heavy atom. The number of benzene rings is 2. The van der Waals surface area contributed by atoms with Crippen molar-refractivity contribution in [2.45, 2.75) is 38.2 Å². The SMILES string of the molecule is Cc1cc(/C=C/C(c2cc(Br)cc(Br)c2)C(F)(F)F)ccc1C(=O)NC(C)CSCC(F)(F)F. The fourth-order valence-electron chi connectivity index (χ4n) is 3.11. The Balaban J connectivity index is 2.13. The highest BCUT2D eigenvalue weighted by Gasteiger charge is 2.39. The third-order valence-electron chi connectivity index (χ3n) is 4.58. The highest BCUT2D eigenvalue weighted by molar-refractivity contribution is 9.11. The van der Waals surface area contributed by atoms with Crippen molar-refractivity contribution in [2.75, 3.05) is 11.5 Å². The van der Waals surface area contributed by atoms with E-state index >= 15 is 0 Å². The molecule has 0 saturated heterocycles. The highest BCUT2D eigenvalue weighted by atomic mass is 79.9. The molecular weight excluding hydrogens is 612 g/mol. The van der Waals surface area contributed by atoms with Gasteiger partial charge in [0.2, 0.25) is 0 Å². The number of allylic oxidation sites excluding steroid dienone is 1. The van der Waals surface area contributed by atoms with Crippen LogP contribution in [0.15, 0.2) is 51.4 Å². The maximum Gasteiger partial charge on any atom is 0.399 e. The third kappa shape index (κ3) is 9.30. The van der Waals surface area contributed by atoms with Gasteiger partial charge in [-0.15, -0.1) is 0 Å². The van der Waals surface area contributed by atoms with Crippen LogP contribution in [0.1, 0.15) is 39.9 Å². The molecule has 0 aliphatic carbocycles. The van der Waals surface area contributed by atoms with Crippen LogP contribution in [0.3, 0.4) is 0 Å². The van der Waals surface area contributed by atoms with Crippen molar-refractivity contribution in [1.82, 2.24) is 5.32 Å². The maximum absolute atomic E-state index is 13.7. The standard InChI is InChI=1S/C23H21Br2F6NOS/c1-13-7-15(3-5-19(13)21(33)32-14(2)11-34-12-22(26,27)28)4-6-20(23(29,30)31)16-8-17(24)10-18(25)9-16/h3-10,14,20H,11-12H2,1-2H3,(H,32,33)/b6-4+. The number of alkyl halides is 6. The van der Waals surface area contributed by atoms with Gasteiger partial charge >= 0.3 is 12.4 Å². The quantitative estimate of drug-likeness (QED) is 0.297. The monoisotopic (exact) mass is 631 g/mol. The molecule has 11 heteroatoms. The largest absolute Gasteiger partial charge is 0.399 e. The maximum atomic E-state index is 13.7. The molecule has 0 aliphatic heterocycles. The van der Waals surface area contributed by atoms with E-state index in [9.17, 15) is 31.1 Å². The summed E-state index contributed by atoms with van der Waals surface area (Å²) in [7, 11) is 0. The molecule has 1 amide bonds. The Labute approximate surface area is 214 Å². The summed E-state index contributed by atoms with van der Waals surface area (Å²) >= 11 is 7.08. The predicted octanol–water partition coefficient (Wildman–Crippen LogP) is 8.29. The molecule has 0 fully saturated rings. The van der Waals surface area contributed by atoms with Crippen LogP contribution in [-0.4, -0.2) is 35.8 Å². The van der Waals surface area contributed by atoms with Crippen LogP contribution in [-0.2, 0) is 0 Å². The van der Waals surface area contributed by atoms with E-state index in [1.165, 1.54) is 30.3 Å². The molecule has 0 saturated carbocycles. The minimum Gasteiger partial charge on any atom is -0.349 e. The topological polar surface area (TPSA) is 29.1 Å². The van der Waals surface area contributed by atoms with Gasteiger partial charge in [-0.1, -0.05) is 56.1 Å². The molecule has 0 aliphatic rings. The lowest BCUT2D eigenvalue weighted by Crippen LogP contribution is -2.35. The Morgan fingerprint density at radius 2 is 1.68 bits per heavy atom. The van der Waals surface area contributed by atoms with Crippen molar-refractivity contribution >= 4 is 55.6 Å². The van der Waals surface area contributed by atoms with Crippen molar-refractivity contribution in [3.8, 4) is 0 Å². The number of rotatable bonds is 8. The van der Waals surface area contributed by atoms with Crippen LogP contribution in [0, 0.1) is 6.92 Å². The van der Waals surface area contributed by atoms with Gasteiger partial charge in [-0.25, -0.2) is 0 Å². The number of halogens is 8. The summed E-state index contributed by atoms with van der Waals surface area (Å²) in [5, 5.41) is 2.64. The molecule has 2 nitrogen and oxygen atoms in total. The normalized spacial score (nSPS) is 14.3. The number of carbonyl (C=O) groups is 1. The van der Waals surface area contributed by atoms with Crippen LogP contribution in [0.2, 0.25) is 0 Å². The van der Waals surface area contributed by atoms with Crippen molar-refractivity contribution in [3.05, 3.63) is 73.7 Å². The first-order valence-electron chi connectivity index (χ1n) is 9.92. The van der Waals surface area contributed by atoms with E-state index in [0.717, 1.165) is 6.08 Å². The number of thioether (sulfide) groups is 1.